The first-order valence-corrected chi connectivity index (χ1v) is 12.3. The van der Waals surface area contributed by atoms with Crippen LogP contribution in [0.1, 0.15) is 45.3 Å². The summed E-state index contributed by atoms with van der Waals surface area (Å²) in [7, 11) is 1.73. The van der Waals surface area contributed by atoms with Gasteiger partial charge >= 0.3 is 0 Å². The number of nitrogens with zero attached hydrogens (tertiary/aromatic N) is 9. The van der Waals surface area contributed by atoms with Crippen molar-refractivity contribution in [3.63, 3.8) is 0 Å². The van der Waals surface area contributed by atoms with Crippen molar-refractivity contribution < 1.29 is 4.39 Å². The molecule has 0 saturated carbocycles. The van der Waals surface area contributed by atoms with Gasteiger partial charge in [0.05, 0.1) is 41.4 Å². The summed E-state index contributed by atoms with van der Waals surface area (Å²) in [5.41, 5.74) is 3.41. The summed E-state index contributed by atoms with van der Waals surface area (Å²) in [6, 6.07) is 7.79. The Morgan fingerprint density at radius 3 is 2.69 bits per heavy atom. The van der Waals surface area contributed by atoms with Crippen LogP contribution < -0.4 is 10.5 Å². The maximum atomic E-state index is 14.1. The van der Waals surface area contributed by atoms with Gasteiger partial charge in [-0.2, -0.15) is 24.4 Å². The molecule has 10 nitrogen and oxygen atoms in total. The molecule has 0 radical (unpaired) electrons. The highest BCUT2D eigenvalue weighted by molar-refractivity contribution is 5.88. The summed E-state index contributed by atoms with van der Waals surface area (Å²) in [6.45, 7) is 8.00. The lowest BCUT2D eigenvalue weighted by Crippen LogP contribution is -2.59. The Balaban J connectivity index is 1.51. The van der Waals surface area contributed by atoms with Crippen molar-refractivity contribution in [3.8, 4) is 6.07 Å². The minimum Gasteiger partial charge on any atom is -0.364 e. The third kappa shape index (κ3) is 3.91. The minimum absolute atomic E-state index is 0.0316. The number of piperazine rings is 1. The number of rotatable bonds is 6. The van der Waals surface area contributed by atoms with Crippen LogP contribution in [0.25, 0.3) is 16.7 Å². The number of aryl methyl sites for hydroxylation is 1. The molecule has 0 N–H and O–H groups in total. The SMILES string of the molecule is CC[C@H]1CN([C@H](C)c2ccc3ncc(F)n3n2)[C@H](CC)CN1c1cc(=O)n(C)c2cn(CC#N)nc12. The molecule has 0 bridgehead atoms. The average molecular weight is 492 g/mol. The summed E-state index contributed by atoms with van der Waals surface area (Å²) in [5.74, 6) is -0.479. The van der Waals surface area contributed by atoms with E-state index in [-0.39, 0.29) is 30.2 Å². The quantitative estimate of drug-likeness (QED) is 0.409. The lowest BCUT2D eigenvalue weighted by Gasteiger charge is -2.49. The van der Waals surface area contributed by atoms with Gasteiger partial charge in [0.2, 0.25) is 5.95 Å². The molecule has 0 amide bonds. The van der Waals surface area contributed by atoms with Crippen LogP contribution in [0.15, 0.2) is 35.4 Å². The molecule has 0 aliphatic carbocycles. The number of fused-ring (bicyclic) bond motifs is 2. The highest BCUT2D eigenvalue weighted by atomic mass is 19.1. The Hall–Kier alpha value is -3.78. The Bertz CT molecular complexity index is 1510. The fraction of sp³-hybridized carbons (Fsp3) is 0.480. The van der Waals surface area contributed by atoms with Crippen molar-refractivity contribution in [2.45, 2.75) is 58.3 Å². The summed E-state index contributed by atoms with van der Waals surface area (Å²) in [6.07, 6.45) is 4.71. The molecule has 0 spiro atoms. The van der Waals surface area contributed by atoms with Crippen LogP contribution in [-0.4, -0.2) is 59.0 Å². The second kappa shape index (κ2) is 9.35. The van der Waals surface area contributed by atoms with E-state index in [0.29, 0.717) is 17.7 Å². The number of imidazole rings is 1. The summed E-state index contributed by atoms with van der Waals surface area (Å²) < 4.78 is 18.5. The Kier molecular flexibility index (Phi) is 6.22. The van der Waals surface area contributed by atoms with E-state index in [1.54, 1.807) is 34.6 Å². The first-order valence-electron chi connectivity index (χ1n) is 12.3. The van der Waals surface area contributed by atoms with Gasteiger partial charge in [0.1, 0.15) is 12.1 Å². The van der Waals surface area contributed by atoms with E-state index >= 15 is 0 Å². The van der Waals surface area contributed by atoms with Crippen molar-refractivity contribution in [1.82, 2.24) is 33.8 Å². The molecule has 4 aromatic heterocycles. The van der Waals surface area contributed by atoms with E-state index in [2.05, 4.69) is 51.8 Å². The Labute approximate surface area is 208 Å². The van der Waals surface area contributed by atoms with Crippen LogP contribution in [-0.2, 0) is 13.6 Å². The zero-order valence-corrected chi connectivity index (χ0v) is 21.0. The smallest absolute Gasteiger partial charge is 0.252 e. The van der Waals surface area contributed by atoms with Crippen LogP contribution in [0.3, 0.4) is 0 Å². The van der Waals surface area contributed by atoms with Gasteiger partial charge in [0, 0.05) is 38.3 Å². The van der Waals surface area contributed by atoms with E-state index in [1.807, 2.05) is 6.07 Å². The molecule has 1 fully saturated rings. The lowest BCUT2D eigenvalue weighted by molar-refractivity contribution is 0.0984. The fourth-order valence-electron chi connectivity index (χ4n) is 5.32. The molecule has 11 heteroatoms. The number of hydrogen-bond acceptors (Lipinski definition) is 7. The van der Waals surface area contributed by atoms with Crippen molar-refractivity contribution in [2.24, 2.45) is 7.05 Å². The van der Waals surface area contributed by atoms with Crippen molar-refractivity contribution in [1.29, 1.82) is 5.26 Å². The first kappa shape index (κ1) is 23.9. The van der Waals surface area contributed by atoms with Gasteiger partial charge in [-0.15, -0.1) is 0 Å². The van der Waals surface area contributed by atoms with E-state index < -0.39 is 5.95 Å². The number of halogens is 1. The molecule has 0 aromatic carbocycles. The Morgan fingerprint density at radius 1 is 1.19 bits per heavy atom. The van der Waals surface area contributed by atoms with Crippen LogP contribution in [0.4, 0.5) is 10.1 Å². The largest absolute Gasteiger partial charge is 0.364 e. The lowest BCUT2D eigenvalue weighted by atomic mass is 9.98. The van der Waals surface area contributed by atoms with Crippen molar-refractivity contribution in [3.05, 3.63) is 52.6 Å². The van der Waals surface area contributed by atoms with Crippen LogP contribution in [0.2, 0.25) is 0 Å². The molecule has 36 heavy (non-hydrogen) atoms. The number of aromatic nitrogens is 6. The summed E-state index contributed by atoms with van der Waals surface area (Å²) >= 11 is 0. The van der Waals surface area contributed by atoms with Crippen molar-refractivity contribution in [2.75, 3.05) is 18.0 Å². The molecule has 1 saturated heterocycles. The zero-order valence-electron chi connectivity index (χ0n) is 21.0. The number of pyridine rings is 1. The minimum atomic E-state index is -0.479. The van der Waals surface area contributed by atoms with Gasteiger partial charge < -0.3 is 9.47 Å². The Morgan fingerprint density at radius 2 is 1.97 bits per heavy atom. The van der Waals surface area contributed by atoms with Crippen LogP contribution in [0, 0.1) is 17.3 Å². The molecule has 5 heterocycles. The third-order valence-corrected chi connectivity index (χ3v) is 7.43. The second-order valence-electron chi connectivity index (χ2n) is 9.40. The molecule has 3 atom stereocenters. The van der Waals surface area contributed by atoms with Gasteiger partial charge in [-0.05, 0) is 31.9 Å². The first-order chi connectivity index (χ1) is 17.4. The second-order valence-corrected chi connectivity index (χ2v) is 9.40. The van der Waals surface area contributed by atoms with Crippen LogP contribution >= 0.6 is 0 Å². The maximum Gasteiger partial charge on any atom is 0.252 e. The van der Waals surface area contributed by atoms with Crippen molar-refractivity contribution >= 4 is 22.4 Å². The molecule has 1 aliphatic rings. The predicted octanol–water partition coefficient (Wildman–Crippen LogP) is 2.88. The highest BCUT2D eigenvalue weighted by Gasteiger charge is 2.37. The molecule has 188 valence electrons. The van der Waals surface area contributed by atoms with E-state index in [1.165, 1.54) is 10.7 Å². The number of anilines is 1. The molecular weight excluding hydrogens is 461 g/mol. The molecule has 0 unspecified atom stereocenters. The van der Waals surface area contributed by atoms with Gasteiger partial charge in [0.15, 0.2) is 5.65 Å². The highest BCUT2D eigenvalue weighted by Crippen LogP contribution is 2.34. The van der Waals surface area contributed by atoms with Gasteiger partial charge in [-0.3, -0.25) is 14.4 Å². The summed E-state index contributed by atoms with van der Waals surface area (Å²) in [4.78, 5) is 21.6. The average Bonchev–Trinajstić information content (AvgIpc) is 3.48. The molecule has 1 aliphatic heterocycles. The van der Waals surface area contributed by atoms with E-state index in [0.717, 1.165) is 36.3 Å². The third-order valence-electron chi connectivity index (χ3n) is 7.43. The van der Waals surface area contributed by atoms with E-state index in [4.69, 9.17) is 5.26 Å². The normalized spacial score (nSPS) is 19.7. The molecule has 5 rings (SSSR count). The number of nitriles is 1. The zero-order chi connectivity index (χ0) is 25.6. The topological polar surface area (TPSA) is 100 Å². The maximum absolute atomic E-state index is 14.1. The fourth-order valence-corrected chi connectivity index (χ4v) is 5.32. The molecular formula is C25H30FN9O. The van der Waals surface area contributed by atoms with Gasteiger partial charge in [-0.1, -0.05) is 13.8 Å². The van der Waals surface area contributed by atoms with Crippen LogP contribution in [0.5, 0.6) is 0 Å². The monoisotopic (exact) mass is 491 g/mol. The van der Waals surface area contributed by atoms with E-state index in [9.17, 15) is 9.18 Å². The number of hydrogen-bond donors (Lipinski definition) is 0. The van der Waals surface area contributed by atoms with Gasteiger partial charge in [0.25, 0.3) is 5.56 Å². The predicted molar refractivity (Wildman–Crippen MR) is 134 cm³/mol. The summed E-state index contributed by atoms with van der Waals surface area (Å²) in [5, 5.41) is 18.3. The van der Waals surface area contributed by atoms with Gasteiger partial charge in [-0.25, -0.2) is 4.98 Å². The molecule has 4 aromatic rings. The standard InChI is InChI=1S/C25H30FN9O/c1-5-17-14-34(20-11-24(36)31(4)21-15-32(10-9-27)30-25(20)21)18(6-2)13-33(17)16(3)19-7-8-23-28-12-22(26)35(23)29-19/h7-8,11-12,15-18H,5-6,10,13-14H2,1-4H3/t16-,17-,18+/m1/s1.